The van der Waals surface area contributed by atoms with E-state index in [1.807, 2.05) is 0 Å². The van der Waals surface area contributed by atoms with E-state index in [9.17, 15) is 0 Å². The highest BCUT2D eigenvalue weighted by Gasteiger charge is 2.36. The van der Waals surface area contributed by atoms with E-state index in [-0.39, 0.29) is 4.87 Å². The number of hydrogen-bond donors (Lipinski definition) is 0. The first kappa shape index (κ1) is 5.43. The van der Waals surface area contributed by atoms with Gasteiger partial charge in [-0.05, 0) is 25.7 Å². The van der Waals surface area contributed by atoms with Crippen LogP contribution in [0.5, 0.6) is 0 Å². The van der Waals surface area contributed by atoms with Crippen LogP contribution in [0.25, 0.3) is 0 Å². The summed E-state index contributed by atoms with van der Waals surface area (Å²) in [5.74, 6) is 0.745. The molecule has 0 aliphatic heterocycles. The van der Waals surface area contributed by atoms with Crippen LogP contribution in [0.1, 0.15) is 26.7 Å². The summed E-state index contributed by atoms with van der Waals surface area (Å²) in [5.41, 5.74) is 0. The van der Waals surface area contributed by atoms with E-state index in [1.165, 1.54) is 12.8 Å². The van der Waals surface area contributed by atoms with Crippen LogP contribution in [0.15, 0.2) is 0 Å². The highest BCUT2D eigenvalue weighted by atomic mass is 35.5. The Labute approximate surface area is 49.9 Å². The van der Waals surface area contributed by atoms with Gasteiger partial charge in [-0.15, -0.1) is 11.6 Å². The highest BCUT2D eigenvalue weighted by molar-refractivity contribution is 6.24. The molecule has 7 heavy (non-hydrogen) atoms. The van der Waals surface area contributed by atoms with Gasteiger partial charge in [0.15, 0.2) is 0 Å². The molecule has 2 atom stereocenters. The van der Waals surface area contributed by atoms with Gasteiger partial charge >= 0.3 is 0 Å². The first-order valence-corrected chi connectivity index (χ1v) is 3.19. The fourth-order valence-electron chi connectivity index (χ4n) is 0.831. The molecule has 0 heterocycles. The summed E-state index contributed by atoms with van der Waals surface area (Å²) in [6.07, 6.45) is 2.52. The molecule has 0 saturated heterocycles. The van der Waals surface area contributed by atoms with Crippen LogP contribution in [-0.2, 0) is 0 Å². The largest absolute Gasteiger partial charge is 0.119 e. The normalized spacial score (nSPS) is 51.0. The Morgan fingerprint density at radius 2 is 2.14 bits per heavy atom. The van der Waals surface area contributed by atoms with Crippen molar-refractivity contribution in [2.45, 2.75) is 31.6 Å². The third-order valence-corrected chi connectivity index (χ3v) is 2.66. The summed E-state index contributed by atoms with van der Waals surface area (Å²) < 4.78 is 0. The van der Waals surface area contributed by atoms with Crippen molar-refractivity contribution >= 4 is 11.6 Å². The quantitative estimate of drug-likeness (QED) is 0.429. The standard InChI is InChI=1S/C6H11Cl/c1-5-3-4-6(5,2)7/h5H,3-4H2,1-2H3/t5-,6+/m0/s1. The Hall–Kier alpha value is 0.290. The molecule has 0 nitrogen and oxygen atoms in total. The average Bonchev–Trinajstić information content (AvgIpc) is 1.63. The maximum absolute atomic E-state index is 5.95. The van der Waals surface area contributed by atoms with Gasteiger partial charge in [-0.1, -0.05) is 6.92 Å². The first-order chi connectivity index (χ1) is 3.13. The van der Waals surface area contributed by atoms with Crippen molar-refractivity contribution in [2.75, 3.05) is 0 Å². The van der Waals surface area contributed by atoms with Crippen LogP contribution in [-0.4, -0.2) is 4.87 Å². The minimum atomic E-state index is 0.153. The maximum atomic E-state index is 5.95. The summed E-state index contributed by atoms with van der Waals surface area (Å²) in [4.78, 5) is 0.153. The fraction of sp³-hybridized carbons (Fsp3) is 1.00. The molecule has 1 fully saturated rings. The van der Waals surface area contributed by atoms with Gasteiger partial charge in [0, 0.05) is 4.87 Å². The number of rotatable bonds is 0. The lowest BCUT2D eigenvalue weighted by atomic mass is 9.75. The first-order valence-electron chi connectivity index (χ1n) is 2.82. The highest BCUT2D eigenvalue weighted by Crippen LogP contribution is 2.42. The Kier molecular flexibility index (Phi) is 1.07. The fourth-order valence-corrected chi connectivity index (χ4v) is 1.05. The van der Waals surface area contributed by atoms with Gasteiger partial charge in [0.2, 0.25) is 0 Å². The van der Waals surface area contributed by atoms with Crippen molar-refractivity contribution in [3.05, 3.63) is 0 Å². The molecule has 0 aromatic rings. The molecule has 0 aromatic heterocycles. The summed E-state index contributed by atoms with van der Waals surface area (Å²) in [6.45, 7) is 4.32. The van der Waals surface area contributed by atoms with Gasteiger partial charge in [-0.3, -0.25) is 0 Å². The predicted molar refractivity (Wildman–Crippen MR) is 32.7 cm³/mol. The van der Waals surface area contributed by atoms with Gasteiger partial charge in [0.1, 0.15) is 0 Å². The third kappa shape index (κ3) is 0.766. The molecule has 0 bridgehead atoms. The predicted octanol–water partition coefficient (Wildman–Crippen LogP) is 2.41. The van der Waals surface area contributed by atoms with Crippen LogP contribution in [0.3, 0.4) is 0 Å². The lowest BCUT2D eigenvalue weighted by Gasteiger charge is -2.39. The van der Waals surface area contributed by atoms with Crippen molar-refractivity contribution in [3.8, 4) is 0 Å². The van der Waals surface area contributed by atoms with Crippen LogP contribution < -0.4 is 0 Å². The number of halogens is 1. The molecule has 0 N–H and O–H groups in total. The zero-order valence-corrected chi connectivity index (χ0v) is 5.63. The molecule has 42 valence electrons. The molecule has 0 aromatic carbocycles. The Balaban J connectivity index is 2.43. The zero-order chi connectivity index (χ0) is 5.49. The minimum Gasteiger partial charge on any atom is -0.119 e. The van der Waals surface area contributed by atoms with Crippen molar-refractivity contribution < 1.29 is 0 Å². The van der Waals surface area contributed by atoms with E-state index >= 15 is 0 Å². The molecule has 0 unspecified atom stereocenters. The summed E-state index contributed by atoms with van der Waals surface area (Å²) in [6, 6.07) is 0. The zero-order valence-electron chi connectivity index (χ0n) is 4.87. The molecule has 1 aliphatic carbocycles. The monoisotopic (exact) mass is 118 g/mol. The lowest BCUT2D eigenvalue weighted by Crippen LogP contribution is -2.36. The lowest BCUT2D eigenvalue weighted by molar-refractivity contribution is 0.251. The van der Waals surface area contributed by atoms with Crippen LogP contribution in [0.2, 0.25) is 0 Å². The molecule has 1 heteroatoms. The van der Waals surface area contributed by atoms with E-state index < -0.39 is 0 Å². The van der Waals surface area contributed by atoms with E-state index in [0.29, 0.717) is 0 Å². The van der Waals surface area contributed by atoms with Gasteiger partial charge in [-0.25, -0.2) is 0 Å². The SMILES string of the molecule is C[C@H]1CC[C@@]1(C)Cl. The van der Waals surface area contributed by atoms with Gasteiger partial charge in [-0.2, -0.15) is 0 Å². The van der Waals surface area contributed by atoms with E-state index in [1.54, 1.807) is 0 Å². The van der Waals surface area contributed by atoms with Gasteiger partial charge < -0.3 is 0 Å². The molecular formula is C6H11Cl. The average molecular weight is 119 g/mol. The molecule has 0 spiro atoms. The van der Waals surface area contributed by atoms with Gasteiger partial charge in [0.25, 0.3) is 0 Å². The topological polar surface area (TPSA) is 0 Å². The van der Waals surface area contributed by atoms with Crippen LogP contribution in [0, 0.1) is 5.92 Å². The van der Waals surface area contributed by atoms with Crippen LogP contribution in [0.4, 0.5) is 0 Å². The number of alkyl halides is 1. The molecule has 1 saturated carbocycles. The van der Waals surface area contributed by atoms with Crippen molar-refractivity contribution in [1.82, 2.24) is 0 Å². The van der Waals surface area contributed by atoms with Crippen molar-refractivity contribution in [3.63, 3.8) is 0 Å². The van der Waals surface area contributed by atoms with Crippen molar-refractivity contribution in [1.29, 1.82) is 0 Å². The smallest absolute Gasteiger partial charge is 0.0444 e. The molecule has 1 rings (SSSR count). The Morgan fingerprint density at radius 1 is 1.71 bits per heavy atom. The van der Waals surface area contributed by atoms with E-state index in [2.05, 4.69) is 13.8 Å². The molecule has 0 amide bonds. The van der Waals surface area contributed by atoms with Crippen LogP contribution >= 0.6 is 11.6 Å². The number of hydrogen-bond acceptors (Lipinski definition) is 0. The molecule has 0 radical (unpaired) electrons. The Bertz CT molecular complexity index is 76.2. The van der Waals surface area contributed by atoms with Crippen molar-refractivity contribution in [2.24, 2.45) is 5.92 Å². The summed E-state index contributed by atoms with van der Waals surface area (Å²) in [5, 5.41) is 0. The second kappa shape index (κ2) is 1.38. The van der Waals surface area contributed by atoms with E-state index in [0.717, 1.165) is 5.92 Å². The maximum Gasteiger partial charge on any atom is 0.0444 e. The molecule has 1 aliphatic rings. The second-order valence-corrected chi connectivity index (χ2v) is 3.58. The molecular weight excluding hydrogens is 108 g/mol. The minimum absolute atomic E-state index is 0.153. The Morgan fingerprint density at radius 3 is 2.14 bits per heavy atom. The third-order valence-electron chi connectivity index (χ3n) is 2.09. The summed E-state index contributed by atoms with van der Waals surface area (Å²) >= 11 is 5.95. The van der Waals surface area contributed by atoms with Gasteiger partial charge in [0.05, 0.1) is 0 Å². The summed E-state index contributed by atoms with van der Waals surface area (Å²) in [7, 11) is 0. The second-order valence-electron chi connectivity index (χ2n) is 2.72. The van der Waals surface area contributed by atoms with E-state index in [4.69, 9.17) is 11.6 Å².